The van der Waals surface area contributed by atoms with Gasteiger partial charge in [-0.05, 0) is 6.42 Å². The van der Waals surface area contributed by atoms with Crippen molar-refractivity contribution in [3.63, 3.8) is 0 Å². The Hall–Kier alpha value is -0.235. The van der Waals surface area contributed by atoms with Crippen molar-refractivity contribution >= 4 is 36.2 Å². The smallest absolute Gasteiger partial charge is 0.138 e. The molecule has 4 heteroatoms. The van der Waals surface area contributed by atoms with E-state index in [1.165, 1.54) is 16.4 Å². The molecule has 0 aliphatic rings. The lowest BCUT2D eigenvalue weighted by Gasteiger charge is -2.02. The van der Waals surface area contributed by atoms with Gasteiger partial charge in [0.2, 0.25) is 0 Å². The van der Waals surface area contributed by atoms with Gasteiger partial charge < -0.3 is 0 Å². The average Bonchev–Trinajstić information content (AvgIpc) is 2.04. The molecule has 0 aromatic rings. The first-order valence-corrected chi connectivity index (χ1v) is 4.80. The Morgan fingerprint density at radius 2 is 1.92 bits per heavy atom. The molecule has 12 heavy (non-hydrogen) atoms. The second-order valence-electron chi connectivity index (χ2n) is 3.10. The van der Waals surface area contributed by atoms with Gasteiger partial charge in [0.15, 0.2) is 0 Å². The first-order valence-electron chi connectivity index (χ1n) is 4.17. The summed E-state index contributed by atoms with van der Waals surface area (Å²) in [7, 11) is 6.36. The minimum absolute atomic E-state index is 0.832. The first kappa shape index (κ1) is 11.8. The minimum atomic E-state index is 0.832. The predicted octanol–water partition coefficient (Wildman–Crippen LogP) is -0.513. The maximum absolute atomic E-state index is 4.20. The molecular weight excluding hydrogens is 161 g/mol. The number of allylic oxidation sites excluding steroid dienone is 4. The van der Waals surface area contributed by atoms with Gasteiger partial charge in [-0.3, -0.25) is 0 Å². The van der Waals surface area contributed by atoms with Crippen molar-refractivity contribution in [1.82, 2.24) is 0 Å². The van der Waals surface area contributed by atoms with Crippen LogP contribution in [0, 0.1) is 0 Å². The monoisotopic (exact) mass is 176 g/mol. The predicted molar refractivity (Wildman–Crippen MR) is 69.4 cm³/mol. The average molecular weight is 176 g/mol. The van der Waals surface area contributed by atoms with Crippen LogP contribution in [-0.2, 0) is 0 Å². The van der Waals surface area contributed by atoms with E-state index in [4.69, 9.17) is 0 Å². The molecule has 0 spiro atoms. The zero-order valence-corrected chi connectivity index (χ0v) is 9.12. The van der Waals surface area contributed by atoms with Crippen molar-refractivity contribution in [1.29, 1.82) is 0 Å². The fraction of sp³-hybridized carbons (Fsp3) is 0.250. The first-order chi connectivity index (χ1) is 5.61. The molecular formula is C8H15B3S. The Morgan fingerprint density at radius 1 is 1.33 bits per heavy atom. The molecule has 0 saturated heterocycles. The van der Waals surface area contributed by atoms with Crippen molar-refractivity contribution < 1.29 is 0 Å². The van der Waals surface area contributed by atoms with Crippen molar-refractivity contribution in [3.8, 4) is 0 Å². The molecule has 0 fully saturated rings. The second kappa shape index (κ2) is 6.30. The van der Waals surface area contributed by atoms with Crippen LogP contribution in [0.15, 0.2) is 35.1 Å². The van der Waals surface area contributed by atoms with Crippen molar-refractivity contribution in [2.45, 2.75) is 6.42 Å². The summed E-state index contributed by atoms with van der Waals surface area (Å²) in [5, 5.41) is 0. The molecule has 0 heterocycles. The molecule has 0 unspecified atom stereocenters. The summed E-state index contributed by atoms with van der Waals surface area (Å²) in [6, 6.07) is 0. The molecule has 0 rings (SSSR count). The van der Waals surface area contributed by atoms with E-state index >= 15 is 0 Å². The molecule has 0 aromatic heterocycles. The number of hydrogen-bond acceptors (Lipinski definition) is 1. The molecule has 0 radical (unpaired) electrons. The van der Waals surface area contributed by atoms with Gasteiger partial charge in [0.1, 0.15) is 23.5 Å². The largest absolute Gasteiger partial charge is 0.176 e. The van der Waals surface area contributed by atoms with E-state index in [1.807, 2.05) is 6.08 Å². The van der Waals surface area contributed by atoms with Crippen LogP contribution in [0.3, 0.4) is 0 Å². The molecule has 0 bridgehead atoms. The summed E-state index contributed by atoms with van der Waals surface area (Å²) in [4.78, 5) is 0. The Kier molecular flexibility index (Phi) is 6.18. The molecule has 0 aromatic carbocycles. The van der Waals surface area contributed by atoms with Crippen molar-refractivity contribution in [3.05, 3.63) is 35.1 Å². The van der Waals surface area contributed by atoms with E-state index in [2.05, 4.69) is 48.8 Å². The van der Waals surface area contributed by atoms with E-state index < -0.39 is 0 Å². The lowest BCUT2D eigenvalue weighted by atomic mass is 9.76. The highest BCUT2D eigenvalue weighted by atomic mass is 32.1. The fourth-order valence-electron chi connectivity index (χ4n) is 0.916. The van der Waals surface area contributed by atoms with E-state index in [1.54, 1.807) is 0 Å². The van der Waals surface area contributed by atoms with Crippen LogP contribution in [0.4, 0.5) is 0 Å². The summed E-state index contributed by atoms with van der Waals surface area (Å²) in [5.74, 6) is 0.832. The van der Waals surface area contributed by atoms with Crippen LogP contribution in [-0.4, -0.2) is 29.3 Å². The Balaban J connectivity index is 4.44. The molecule has 0 N–H and O–H groups in total. The van der Waals surface area contributed by atoms with Crippen LogP contribution in [0.5, 0.6) is 0 Å². The molecule has 0 aliphatic carbocycles. The van der Waals surface area contributed by atoms with Crippen LogP contribution in [0.1, 0.15) is 6.42 Å². The third-order valence-corrected chi connectivity index (χ3v) is 2.33. The maximum atomic E-state index is 4.20. The van der Waals surface area contributed by atoms with Gasteiger partial charge in [0.25, 0.3) is 0 Å². The summed E-state index contributed by atoms with van der Waals surface area (Å²) >= 11 is 4.20. The van der Waals surface area contributed by atoms with E-state index in [9.17, 15) is 0 Å². The van der Waals surface area contributed by atoms with Crippen LogP contribution in [0.25, 0.3) is 0 Å². The summed E-state index contributed by atoms with van der Waals surface area (Å²) in [6.45, 7) is 3.71. The van der Waals surface area contributed by atoms with E-state index in [0.717, 1.165) is 12.2 Å². The Morgan fingerprint density at radius 3 is 2.33 bits per heavy atom. The standard InChI is InChI=1S/C8H15B3S/c1-2-3-7(10)8(11)4-6(9)5-12/h2,4,12H,1,3,5,9-11H2/b6-4+,8-7-. The van der Waals surface area contributed by atoms with Gasteiger partial charge in [-0.2, -0.15) is 12.6 Å². The summed E-state index contributed by atoms with van der Waals surface area (Å²) in [6.07, 6.45) is 5.09. The molecule has 0 saturated carbocycles. The van der Waals surface area contributed by atoms with Gasteiger partial charge in [-0.25, -0.2) is 0 Å². The van der Waals surface area contributed by atoms with E-state index in [-0.39, 0.29) is 0 Å². The number of hydrogen-bond donors (Lipinski definition) is 1. The minimum Gasteiger partial charge on any atom is -0.176 e. The summed E-state index contributed by atoms with van der Waals surface area (Å²) in [5.41, 5.74) is 4.02. The molecule has 0 aliphatic heterocycles. The number of thiol groups is 1. The lowest BCUT2D eigenvalue weighted by Crippen LogP contribution is -1.91. The topological polar surface area (TPSA) is 0 Å². The molecule has 0 nitrogen and oxygen atoms in total. The highest BCUT2D eigenvalue weighted by molar-refractivity contribution is 7.80. The van der Waals surface area contributed by atoms with Gasteiger partial charge in [-0.1, -0.05) is 17.6 Å². The van der Waals surface area contributed by atoms with Crippen molar-refractivity contribution in [2.24, 2.45) is 0 Å². The van der Waals surface area contributed by atoms with Gasteiger partial charge in [-0.15, -0.1) is 17.5 Å². The quantitative estimate of drug-likeness (QED) is 0.253. The van der Waals surface area contributed by atoms with Gasteiger partial charge in [0.05, 0.1) is 0 Å². The summed E-state index contributed by atoms with van der Waals surface area (Å²) < 4.78 is 0. The second-order valence-corrected chi connectivity index (χ2v) is 3.42. The van der Waals surface area contributed by atoms with Crippen LogP contribution in [0.2, 0.25) is 0 Å². The van der Waals surface area contributed by atoms with Crippen molar-refractivity contribution in [2.75, 3.05) is 5.75 Å². The zero-order chi connectivity index (χ0) is 9.56. The number of rotatable bonds is 4. The third kappa shape index (κ3) is 4.60. The lowest BCUT2D eigenvalue weighted by molar-refractivity contribution is 1.35. The van der Waals surface area contributed by atoms with E-state index in [0.29, 0.717) is 0 Å². The maximum Gasteiger partial charge on any atom is 0.138 e. The molecule has 0 atom stereocenters. The zero-order valence-electron chi connectivity index (χ0n) is 8.22. The SMILES string of the molecule is B/C(=C/C(B)=C(/B)CC=C)CS. The van der Waals surface area contributed by atoms with Crippen LogP contribution >= 0.6 is 12.6 Å². The highest BCUT2D eigenvalue weighted by Gasteiger charge is 1.92. The normalized spacial score (nSPS) is 13.9. The Bertz CT molecular complexity index is 218. The van der Waals surface area contributed by atoms with Gasteiger partial charge in [0, 0.05) is 5.75 Å². The fourth-order valence-corrected chi connectivity index (χ4v) is 1.01. The third-order valence-electron chi connectivity index (χ3n) is 1.84. The van der Waals surface area contributed by atoms with Crippen LogP contribution < -0.4 is 0 Å². The highest BCUT2D eigenvalue weighted by Crippen LogP contribution is 2.06. The Labute approximate surface area is 83.8 Å². The van der Waals surface area contributed by atoms with Gasteiger partial charge >= 0.3 is 0 Å². The molecule has 62 valence electrons. The molecule has 0 amide bonds.